The number of para-hydroxylation sites is 1. The molecule has 4 heteroatoms. The highest BCUT2D eigenvalue weighted by Crippen LogP contribution is 2.40. The predicted molar refractivity (Wildman–Crippen MR) is 146 cm³/mol. The van der Waals surface area contributed by atoms with E-state index in [0.717, 1.165) is 48.1 Å². The largest absolute Gasteiger partial charge is 0.349 e. The maximum absolute atomic E-state index is 13.8. The predicted octanol–water partition coefficient (Wildman–Crippen LogP) is 6.30. The highest BCUT2D eigenvalue weighted by atomic mass is 16.2. The zero-order valence-corrected chi connectivity index (χ0v) is 21.4. The molecular formula is C31H37N3O. The zero-order valence-electron chi connectivity index (χ0n) is 21.4. The first-order valence-corrected chi connectivity index (χ1v) is 12.6. The second-order valence-corrected chi connectivity index (χ2v) is 9.82. The number of hydrogen-bond donors (Lipinski definition) is 1. The summed E-state index contributed by atoms with van der Waals surface area (Å²) in [5.41, 5.74) is 5.37. The number of hydrogen-bond acceptors (Lipinski definition) is 2. The van der Waals surface area contributed by atoms with Crippen molar-refractivity contribution < 1.29 is 4.79 Å². The number of rotatable bonds is 10. The van der Waals surface area contributed by atoms with Crippen molar-refractivity contribution in [2.45, 2.75) is 45.2 Å². The molecule has 0 bridgehead atoms. The van der Waals surface area contributed by atoms with Gasteiger partial charge in [0.05, 0.1) is 0 Å². The van der Waals surface area contributed by atoms with Crippen molar-refractivity contribution in [1.82, 2.24) is 14.8 Å². The Morgan fingerprint density at radius 2 is 1.40 bits per heavy atom. The first-order valence-electron chi connectivity index (χ1n) is 12.6. The number of nitrogens with one attached hydrogen (secondary N) is 1. The smallest absolute Gasteiger partial charge is 0.268 e. The van der Waals surface area contributed by atoms with E-state index < -0.39 is 0 Å². The summed E-state index contributed by atoms with van der Waals surface area (Å²) in [4.78, 5) is 16.0. The number of benzene rings is 3. The monoisotopic (exact) mass is 467 g/mol. The van der Waals surface area contributed by atoms with Crippen LogP contribution in [0.25, 0.3) is 10.9 Å². The molecule has 0 atom stereocenters. The van der Waals surface area contributed by atoms with Crippen molar-refractivity contribution in [3.8, 4) is 0 Å². The fraction of sp³-hybridized carbons (Fsp3) is 0.323. The van der Waals surface area contributed by atoms with Crippen LogP contribution in [-0.2, 0) is 6.54 Å². The summed E-state index contributed by atoms with van der Waals surface area (Å²) in [6.07, 6.45) is 2.10. The van der Waals surface area contributed by atoms with E-state index in [9.17, 15) is 4.79 Å². The van der Waals surface area contributed by atoms with Gasteiger partial charge < -0.3 is 14.8 Å². The summed E-state index contributed by atoms with van der Waals surface area (Å²) in [5.74, 6) is -0.0473. The summed E-state index contributed by atoms with van der Waals surface area (Å²) in [7, 11) is 4.21. The number of carbonyl (C=O) groups is 1. The van der Waals surface area contributed by atoms with Gasteiger partial charge in [-0.05, 0) is 64.5 Å². The molecule has 1 N–H and O–H groups in total. The molecule has 1 amide bonds. The molecule has 1 aromatic heterocycles. The Kier molecular flexibility index (Phi) is 8.04. The zero-order chi connectivity index (χ0) is 24.8. The van der Waals surface area contributed by atoms with Gasteiger partial charge in [0, 0.05) is 35.0 Å². The number of fused-ring (bicyclic) bond motifs is 1. The average molecular weight is 468 g/mol. The number of amides is 1. The third-order valence-corrected chi connectivity index (χ3v) is 6.44. The first kappa shape index (κ1) is 24.7. The summed E-state index contributed by atoms with van der Waals surface area (Å²) in [6, 6.07) is 29.7. The molecular weight excluding hydrogens is 430 g/mol. The van der Waals surface area contributed by atoms with Gasteiger partial charge in [-0.2, -0.15) is 0 Å². The van der Waals surface area contributed by atoms with Crippen LogP contribution in [0.4, 0.5) is 0 Å². The van der Waals surface area contributed by atoms with E-state index in [4.69, 9.17) is 0 Å². The third kappa shape index (κ3) is 5.66. The molecule has 4 aromatic rings. The molecule has 0 saturated carbocycles. The number of aryl methyl sites for hydroxylation is 1. The van der Waals surface area contributed by atoms with Gasteiger partial charge in [0.15, 0.2) is 0 Å². The van der Waals surface area contributed by atoms with Crippen molar-refractivity contribution in [3.63, 3.8) is 0 Å². The second-order valence-electron chi connectivity index (χ2n) is 9.82. The van der Waals surface area contributed by atoms with Crippen molar-refractivity contribution in [3.05, 3.63) is 107 Å². The van der Waals surface area contributed by atoms with Crippen LogP contribution in [0, 0.1) is 0 Å². The van der Waals surface area contributed by atoms with Crippen LogP contribution in [0.5, 0.6) is 0 Å². The molecule has 4 nitrogen and oxygen atoms in total. The van der Waals surface area contributed by atoms with Crippen LogP contribution in [-0.4, -0.2) is 42.1 Å². The molecule has 3 aromatic carbocycles. The Labute approximate surface area is 209 Å². The quantitative estimate of drug-likeness (QED) is 0.278. The first-order chi connectivity index (χ1) is 17.0. The minimum atomic E-state index is -0.0433. The van der Waals surface area contributed by atoms with Gasteiger partial charge in [0.1, 0.15) is 5.69 Å². The Hall–Kier alpha value is -3.37. The maximum Gasteiger partial charge on any atom is 0.268 e. The van der Waals surface area contributed by atoms with Crippen molar-refractivity contribution >= 4 is 16.8 Å². The van der Waals surface area contributed by atoms with Gasteiger partial charge in [-0.15, -0.1) is 0 Å². The molecule has 0 fully saturated rings. The molecule has 0 aliphatic rings. The Bertz CT molecular complexity index is 1200. The van der Waals surface area contributed by atoms with Gasteiger partial charge in [-0.25, -0.2) is 0 Å². The fourth-order valence-corrected chi connectivity index (χ4v) is 4.94. The molecule has 0 radical (unpaired) electrons. The van der Waals surface area contributed by atoms with Gasteiger partial charge in [0.2, 0.25) is 0 Å². The van der Waals surface area contributed by atoms with E-state index in [0.29, 0.717) is 0 Å². The van der Waals surface area contributed by atoms with Gasteiger partial charge in [-0.3, -0.25) is 4.79 Å². The molecule has 182 valence electrons. The van der Waals surface area contributed by atoms with E-state index in [2.05, 4.69) is 102 Å². The van der Waals surface area contributed by atoms with Crippen molar-refractivity contribution in [2.75, 3.05) is 20.6 Å². The normalized spacial score (nSPS) is 11.6. The maximum atomic E-state index is 13.8. The number of carbonyl (C=O) groups excluding carboxylic acids is 1. The van der Waals surface area contributed by atoms with Crippen molar-refractivity contribution in [1.29, 1.82) is 0 Å². The van der Waals surface area contributed by atoms with E-state index in [1.165, 1.54) is 11.1 Å². The Morgan fingerprint density at radius 1 is 0.829 bits per heavy atom. The standard InChI is InChI=1S/C31H37N3O/c1-23(2)32-31(35)30-29(28(24-15-7-5-8-16-24)25-17-9-6-10-18-25)26-19-11-12-20-27(26)34(30)22-14-13-21-33(3)4/h5-12,15-20,23,28H,13-14,21-22H2,1-4H3,(H,32,35). The van der Waals surface area contributed by atoms with E-state index in [-0.39, 0.29) is 17.9 Å². The third-order valence-electron chi connectivity index (χ3n) is 6.44. The van der Waals surface area contributed by atoms with Crippen LogP contribution < -0.4 is 5.32 Å². The lowest BCUT2D eigenvalue weighted by molar-refractivity contribution is 0.0932. The van der Waals surface area contributed by atoms with Crippen LogP contribution in [0.1, 0.15) is 59.8 Å². The molecule has 0 unspecified atom stereocenters. The van der Waals surface area contributed by atoms with Crippen LogP contribution in [0.15, 0.2) is 84.9 Å². The SMILES string of the molecule is CC(C)NC(=O)c1c(C(c2ccccc2)c2ccccc2)c2ccccc2n1CCCCN(C)C. The van der Waals surface area contributed by atoms with E-state index in [1.54, 1.807) is 0 Å². The van der Waals surface area contributed by atoms with Crippen LogP contribution in [0.3, 0.4) is 0 Å². The topological polar surface area (TPSA) is 37.3 Å². The summed E-state index contributed by atoms with van der Waals surface area (Å²) in [6.45, 7) is 5.89. The number of aromatic nitrogens is 1. The van der Waals surface area contributed by atoms with Crippen LogP contribution >= 0.6 is 0 Å². The molecule has 0 aliphatic heterocycles. The lowest BCUT2D eigenvalue weighted by Crippen LogP contribution is -2.33. The Balaban J connectivity index is 1.95. The number of nitrogens with zero attached hydrogens (tertiary/aromatic N) is 2. The highest BCUT2D eigenvalue weighted by molar-refractivity contribution is 6.03. The van der Waals surface area contributed by atoms with Crippen molar-refractivity contribution in [2.24, 2.45) is 0 Å². The summed E-state index contributed by atoms with van der Waals surface area (Å²) in [5, 5.41) is 4.34. The lowest BCUT2D eigenvalue weighted by atomic mass is 9.83. The van der Waals surface area contributed by atoms with Crippen LogP contribution in [0.2, 0.25) is 0 Å². The molecule has 4 rings (SSSR count). The summed E-state index contributed by atoms with van der Waals surface area (Å²) >= 11 is 0. The number of unbranched alkanes of at least 4 members (excludes halogenated alkanes) is 1. The molecule has 35 heavy (non-hydrogen) atoms. The minimum absolute atomic E-state index is 0.00401. The van der Waals surface area contributed by atoms with Gasteiger partial charge >= 0.3 is 0 Å². The van der Waals surface area contributed by atoms with E-state index in [1.807, 2.05) is 26.0 Å². The highest BCUT2D eigenvalue weighted by Gasteiger charge is 2.30. The lowest BCUT2D eigenvalue weighted by Gasteiger charge is -2.21. The molecule has 1 heterocycles. The fourth-order valence-electron chi connectivity index (χ4n) is 4.94. The van der Waals surface area contributed by atoms with Gasteiger partial charge in [0.25, 0.3) is 5.91 Å². The summed E-state index contributed by atoms with van der Waals surface area (Å²) < 4.78 is 2.26. The Morgan fingerprint density at radius 3 is 1.97 bits per heavy atom. The minimum Gasteiger partial charge on any atom is -0.349 e. The molecule has 0 aliphatic carbocycles. The van der Waals surface area contributed by atoms with E-state index >= 15 is 0 Å². The molecule has 0 spiro atoms. The second kappa shape index (κ2) is 11.4. The average Bonchev–Trinajstić information content (AvgIpc) is 3.17. The van der Waals surface area contributed by atoms with Gasteiger partial charge in [-0.1, -0.05) is 78.9 Å². The molecule has 0 saturated heterocycles.